The summed E-state index contributed by atoms with van der Waals surface area (Å²) >= 11 is 0. The van der Waals surface area contributed by atoms with Crippen LogP contribution in [0.4, 0.5) is 0 Å². The summed E-state index contributed by atoms with van der Waals surface area (Å²) in [5, 5.41) is 0. The van der Waals surface area contributed by atoms with Gasteiger partial charge in [-0.25, -0.2) is 0 Å². The molecule has 1 unspecified atom stereocenters. The molecule has 0 aliphatic heterocycles. The van der Waals surface area contributed by atoms with Crippen LogP contribution in [0.25, 0.3) is 0 Å². The van der Waals surface area contributed by atoms with E-state index in [-0.39, 0.29) is 12.0 Å². The number of hydrogen-bond donors (Lipinski definition) is 0. The predicted molar refractivity (Wildman–Crippen MR) is 56.1 cm³/mol. The van der Waals surface area contributed by atoms with Crippen molar-refractivity contribution >= 4 is 5.91 Å². The van der Waals surface area contributed by atoms with Gasteiger partial charge < -0.3 is 9.64 Å². The second-order valence-electron chi connectivity index (χ2n) is 3.94. The van der Waals surface area contributed by atoms with E-state index in [1.165, 1.54) is 12.8 Å². The topological polar surface area (TPSA) is 29.5 Å². The van der Waals surface area contributed by atoms with E-state index in [1.807, 2.05) is 18.7 Å². The molecule has 14 heavy (non-hydrogen) atoms. The zero-order chi connectivity index (χ0) is 10.6. The molecule has 1 atom stereocenters. The van der Waals surface area contributed by atoms with E-state index in [0.717, 1.165) is 19.4 Å². The molecule has 1 fully saturated rings. The van der Waals surface area contributed by atoms with E-state index in [1.54, 1.807) is 7.11 Å². The van der Waals surface area contributed by atoms with E-state index in [9.17, 15) is 4.79 Å². The Kier molecular flexibility index (Phi) is 4.39. The van der Waals surface area contributed by atoms with Crippen molar-refractivity contribution in [1.29, 1.82) is 0 Å². The number of amides is 1. The quantitative estimate of drug-likeness (QED) is 0.691. The highest BCUT2D eigenvalue weighted by atomic mass is 16.5. The van der Waals surface area contributed by atoms with Gasteiger partial charge in [0.25, 0.3) is 5.91 Å². The summed E-state index contributed by atoms with van der Waals surface area (Å²) in [7, 11) is 1.59. The van der Waals surface area contributed by atoms with Crippen molar-refractivity contribution in [3.05, 3.63) is 0 Å². The Bertz CT molecular complexity index is 188. The standard InChI is InChI=1S/C11H21NO2/c1-4-12(10-7-5-6-8-10)11(13)9(2)14-3/h9-10H,4-8H2,1-3H3. The van der Waals surface area contributed by atoms with Crippen molar-refractivity contribution in [2.45, 2.75) is 51.7 Å². The van der Waals surface area contributed by atoms with E-state index in [0.29, 0.717) is 6.04 Å². The van der Waals surface area contributed by atoms with Gasteiger partial charge in [-0.1, -0.05) is 12.8 Å². The lowest BCUT2D eigenvalue weighted by molar-refractivity contribution is -0.143. The van der Waals surface area contributed by atoms with E-state index >= 15 is 0 Å². The molecule has 82 valence electrons. The third-order valence-corrected chi connectivity index (χ3v) is 3.09. The van der Waals surface area contributed by atoms with Gasteiger partial charge in [0.1, 0.15) is 6.10 Å². The third kappa shape index (κ3) is 2.47. The first-order chi connectivity index (χ1) is 6.70. The van der Waals surface area contributed by atoms with Crippen LogP contribution in [-0.4, -0.2) is 36.6 Å². The Hall–Kier alpha value is -0.570. The highest BCUT2D eigenvalue weighted by Crippen LogP contribution is 2.23. The molecule has 1 amide bonds. The minimum absolute atomic E-state index is 0.141. The predicted octanol–water partition coefficient (Wildman–Crippen LogP) is 1.81. The SMILES string of the molecule is CCN(C(=O)C(C)OC)C1CCCC1. The first kappa shape index (κ1) is 11.5. The molecule has 1 aliphatic rings. The van der Waals surface area contributed by atoms with Crippen LogP contribution in [0, 0.1) is 0 Å². The van der Waals surface area contributed by atoms with Crippen LogP contribution in [0.1, 0.15) is 39.5 Å². The van der Waals surface area contributed by atoms with Crippen LogP contribution >= 0.6 is 0 Å². The van der Waals surface area contributed by atoms with Gasteiger partial charge >= 0.3 is 0 Å². The van der Waals surface area contributed by atoms with E-state index in [4.69, 9.17) is 4.74 Å². The number of carbonyl (C=O) groups is 1. The molecule has 0 bridgehead atoms. The van der Waals surface area contributed by atoms with Gasteiger partial charge in [-0.3, -0.25) is 4.79 Å². The minimum Gasteiger partial charge on any atom is -0.372 e. The minimum atomic E-state index is -0.296. The van der Waals surface area contributed by atoms with Crippen molar-refractivity contribution in [3.63, 3.8) is 0 Å². The third-order valence-electron chi connectivity index (χ3n) is 3.09. The molecule has 3 heteroatoms. The highest BCUT2D eigenvalue weighted by molar-refractivity contribution is 5.80. The molecule has 0 N–H and O–H groups in total. The summed E-state index contributed by atoms with van der Waals surface area (Å²) in [5.41, 5.74) is 0. The molecule has 0 saturated heterocycles. The lowest BCUT2D eigenvalue weighted by Crippen LogP contribution is -2.44. The number of methoxy groups -OCH3 is 1. The Morgan fingerprint density at radius 3 is 2.50 bits per heavy atom. The second-order valence-corrected chi connectivity index (χ2v) is 3.94. The highest BCUT2D eigenvalue weighted by Gasteiger charge is 2.27. The Balaban J connectivity index is 2.55. The van der Waals surface area contributed by atoms with Crippen LogP contribution in [0.3, 0.4) is 0 Å². The van der Waals surface area contributed by atoms with E-state index < -0.39 is 0 Å². The zero-order valence-electron chi connectivity index (χ0n) is 9.45. The Morgan fingerprint density at radius 1 is 1.50 bits per heavy atom. The van der Waals surface area contributed by atoms with Gasteiger partial charge in [-0.05, 0) is 26.7 Å². The monoisotopic (exact) mass is 199 g/mol. The number of ether oxygens (including phenoxy) is 1. The fraction of sp³-hybridized carbons (Fsp3) is 0.909. The molecule has 1 aliphatic carbocycles. The normalized spacial score (nSPS) is 19.6. The largest absolute Gasteiger partial charge is 0.372 e. The lowest BCUT2D eigenvalue weighted by atomic mass is 10.2. The average Bonchev–Trinajstić information content (AvgIpc) is 2.71. The van der Waals surface area contributed by atoms with Gasteiger partial charge in [0, 0.05) is 19.7 Å². The van der Waals surface area contributed by atoms with Gasteiger partial charge in [-0.15, -0.1) is 0 Å². The van der Waals surface area contributed by atoms with Crippen LogP contribution in [0.15, 0.2) is 0 Å². The fourth-order valence-corrected chi connectivity index (χ4v) is 2.14. The number of rotatable bonds is 4. The van der Waals surface area contributed by atoms with Crippen molar-refractivity contribution in [2.24, 2.45) is 0 Å². The smallest absolute Gasteiger partial charge is 0.251 e. The van der Waals surface area contributed by atoms with Crippen LogP contribution in [0.2, 0.25) is 0 Å². The molecule has 0 radical (unpaired) electrons. The summed E-state index contributed by atoms with van der Waals surface area (Å²) in [4.78, 5) is 13.9. The molecular formula is C11H21NO2. The van der Waals surface area contributed by atoms with Crippen molar-refractivity contribution in [2.75, 3.05) is 13.7 Å². The molecule has 1 rings (SSSR count). The maximum atomic E-state index is 11.9. The molecule has 0 aromatic heterocycles. The van der Waals surface area contributed by atoms with Gasteiger partial charge in [0.05, 0.1) is 0 Å². The fourth-order valence-electron chi connectivity index (χ4n) is 2.14. The first-order valence-corrected chi connectivity index (χ1v) is 5.54. The molecular weight excluding hydrogens is 178 g/mol. The van der Waals surface area contributed by atoms with Gasteiger partial charge in [-0.2, -0.15) is 0 Å². The molecule has 0 aromatic carbocycles. The number of nitrogens with zero attached hydrogens (tertiary/aromatic N) is 1. The Labute approximate surface area is 86.4 Å². The van der Waals surface area contributed by atoms with E-state index in [2.05, 4.69) is 0 Å². The Morgan fingerprint density at radius 2 is 2.07 bits per heavy atom. The average molecular weight is 199 g/mol. The summed E-state index contributed by atoms with van der Waals surface area (Å²) in [6, 6.07) is 0.463. The van der Waals surface area contributed by atoms with Crippen LogP contribution in [0.5, 0.6) is 0 Å². The van der Waals surface area contributed by atoms with Crippen LogP contribution in [-0.2, 0) is 9.53 Å². The molecule has 0 aromatic rings. The zero-order valence-corrected chi connectivity index (χ0v) is 9.45. The summed E-state index contributed by atoms with van der Waals surface area (Å²) in [6.07, 6.45) is 4.55. The number of hydrogen-bond acceptors (Lipinski definition) is 2. The van der Waals surface area contributed by atoms with Gasteiger partial charge in [0.2, 0.25) is 0 Å². The number of carbonyl (C=O) groups excluding carboxylic acids is 1. The second kappa shape index (κ2) is 5.35. The summed E-state index contributed by atoms with van der Waals surface area (Å²) in [5.74, 6) is 0.141. The molecule has 0 spiro atoms. The molecule has 3 nitrogen and oxygen atoms in total. The van der Waals surface area contributed by atoms with Crippen LogP contribution < -0.4 is 0 Å². The van der Waals surface area contributed by atoms with Crippen molar-refractivity contribution < 1.29 is 9.53 Å². The first-order valence-electron chi connectivity index (χ1n) is 5.54. The van der Waals surface area contributed by atoms with Crippen molar-refractivity contribution in [3.8, 4) is 0 Å². The maximum Gasteiger partial charge on any atom is 0.251 e. The molecule has 0 heterocycles. The lowest BCUT2D eigenvalue weighted by Gasteiger charge is -2.29. The van der Waals surface area contributed by atoms with Crippen molar-refractivity contribution in [1.82, 2.24) is 4.90 Å². The summed E-state index contributed by atoms with van der Waals surface area (Å²) in [6.45, 7) is 4.66. The summed E-state index contributed by atoms with van der Waals surface area (Å²) < 4.78 is 5.06. The number of likely N-dealkylation sites (N-methyl/N-ethyl adjacent to an activating group) is 1. The van der Waals surface area contributed by atoms with Gasteiger partial charge in [0.15, 0.2) is 0 Å². The maximum absolute atomic E-state index is 11.9. The molecule has 1 saturated carbocycles.